The number of nitrogens with one attached hydrogen (secondary N) is 5. The summed E-state index contributed by atoms with van der Waals surface area (Å²) in [5.41, 5.74) is 2.12. The van der Waals surface area contributed by atoms with Crippen LogP contribution in [0.3, 0.4) is 0 Å². The van der Waals surface area contributed by atoms with Gasteiger partial charge in [-0.25, -0.2) is 0 Å². The lowest BCUT2D eigenvalue weighted by Crippen LogP contribution is -2.57. The molecule has 10 heteroatoms. The van der Waals surface area contributed by atoms with Crippen molar-refractivity contribution in [2.75, 3.05) is 0 Å². The minimum Gasteiger partial charge on any atom is -0.361 e. The number of benzene rings is 1. The zero-order chi connectivity index (χ0) is 32.0. The number of fused-ring (bicyclic) bond motifs is 5. The molecule has 2 heterocycles. The second-order valence-electron chi connectivity index (χ2n) is 13.2. The highest BCUT2D eigenvalue weighted by Gasteiger charge is 2.49. The molecule has 5 N–H and O–H groups in total. The van der Waals surface area contributed by atoms with Gasteiger partial charge in [-0.3, -0.25) is 24.2 Å². The van der Waals surface area contributed by atoms with Gasteiger partial charge in [-0.05, 0) is 85.6 Å². The van der Waals surface area contributed by atoms with E-state index in [0.29, 0.717) is 17.8 Å². The van der Waals surface area contributed by atoms with E-state index in [1.165, 1.54) is 0 Å². The molecule has 3 amide bonds. The molecule has 3 saturated carbocycles. The highest BCUT2D eigenvalue weighted by Crippen LogP contribution is 2.52. The van der Waals surface area contributed by atoms with Gasteiger partial charge in [-0.2, -0.15) is 0 Å². The summed E-state index contributed by atoms with van der Waals surface area (Å²) in [6, 6.07) is 9.39. The number of Topliss-reactive ketones (excluding diaryl/α,β-unsaturated/α-hetero) is 1. The molecular weight excluding hydrogens is 568 g/mol. The molecule has 2 bridgehead atoms. The standard InChI is InChI=1S/C35H44N6O4/c1-22-15-25-9-12-35(17-22,18-23(25)2)34(45)41-31(16-26-21-38-29-6-4-3-5-28(26)29)33(44)40-30(8-7-27(42)19-36)32(43)39-20-24-10-13-37-14-11-24/h3-6,10-11,13-14,19,21-23,25,30-31,36,38H,7-9,12,15-18,20H2,1-2H3,(H,39,43)(H,40,44)(H,41,45)/t22?,23?,25?,30-,31-,35?/m0/s1. The molecule has 6 rings (SSSR count). The molecule has 4 unspecified atom stereocenters. The van der Waals surface area contributed by atoms with Crippen LogP contribution in [-0.4, -0.2) is 51.8 Å². The molecule has 45 heavy (non-hydrogen) atoms. The number of aromatic nitrogens is 2. The van der Waals surface area contributed by atoms with Crippen LogP contribution in [-0.2, 0) is 32.1 Å². The van der Waals surface area contributed by atoms with Gasteiger partial charge >= 0.3 is 0 Å². The van der Waals surface area contributed by atoms with Gasteiger partial charge in [0.25, 0.3) is 0 Å². The maximum absolute atomic E-state index is 14.2. The number of amides is 3. The van der Waals surface area contributed by atoms with Crippen molar-refractivity contribution >= 4 is 40.6 Å². The smallest absolute Gasteiger partial charge is 0.243 e. The number of ketones is 1. The van der Waals surface area contributed by atoms with Gasteiger partial charge in [0.2, 0.25) is 17.7 Å². The average Bonchev–Trinajstić information content (AvgIpc) is 3.30. The van der Waals surface area contributed by atoms with Crippen molar-refractivity contribution in [2.45, 2.75) is 83.8 Å². The summed E-state index contributed by atoms with van der Waals surface area (Å²) < 4.78 is 0. The van der Waals surface area contributed by atoms with Crippen LogP contribution >= 0.6 is 0 Å². The Morgan fingerprint density at radius 1 is 1.04 bits per heavy atom. The zero-order valence-corrected chi connectivity index (χ0v) is 26.1. The molecule has 3 aliphatic rings. The molecule has 10 nitrogen and oxygen atoms in total. The Labute approximate surface area is 264 Å². The maximum Gasteiger partial charge on any atom is 0.243 e. The first-order chi connectivity index (χ1) is 21.7. The number of H-pyrrole nitrogens is 1. The monoisotopic (exact) mass is 612 g/mol. The third-order valence-electron chi connectivity index (χ3n) is 9.85. The average molecular weight is 613 g/mol. The number of aromatic amines is 1. The fourth-order valence-corrected chi connectivity index (χ4v) is 7.49. The number of para-hydroxylation sites is 1. The Morgan fingerprint density at radius 3 is 2.58 bits per heavy atom. The second-order valence-corrected chi connectivity index (χ2v) is 13.2. The molecule has 238 valence electrons. The van der Waals surface area contributed by atoms with Gasteiger partial charge in [0, 0.05) is 54.3 Å². The van der Waals surface area contributed by atoms with Gasteiger partial charge in [0.15, 0.2) is 5.78 Å². The van der Waals surface area contributed by atoms with E-state index < -0.39 is 35.1 Å². The van der Waals surface area contributed by atoms with Crippen molar-refractivity contribution in [3.8, 4) is 0 Å². The van der Waals surface area contributed by atoms with Crippen molar-refractivity contribution in [2.24, 2.45) is 23.2 Å². The van der Waals surface area contributed by atoms with E-state index >= 15 is 0 Å². The van der Waals surface area contributed by atoms with E-state index in [-0.39, 0.29) is 31.7 Å². The van der Waals surface area contributed by atoms with E-state index in [2.05, 4.69) is 39.8 Å². The van der Waals surface area contributed by atoms with Gasteiger partial charge in [-0.15, -0.1) is 0 Å². The van der Waals surface area contributed by atoms with Crippen LogP contribution in [0.15, 0.2) is 55.0 Å². The number of carbonyl (C=O) groups excluding carboxylic acids is 4. The van der Waals surface area contributed by atoms with E-state index in [0.717, 1.165) is 60.3 Å². The number of pyridine rings is 1. The van der Waals surface area contributed by atoms with E-state index in [4.69, 9.17) is 5.41 Å². The van der Waals surface area contributed by atoms with Crippen molar-refractivity contribution in [3.05, 3.63) is 66.1 Å². The summed E-state index contributed by atoms with van der Waals surface area (Å²) in [5, 5.41) is 17.1. The largest absolute Gasteiger partial charge is 0.361 e. The summed E-state index contributed by atoms with van der Waals surface area (Å²) in [4.78, 5) is 60.9. The highest BCUT2D eigenvalue weighted by molar-refractivity contribution is 6.26. The van der Waals surface area contributed by atoms with Gasteiger partial charge in [-0.1, -0.05) is 32.0 Å². The molecule has 3 aromatic rings. The van der Waals surface area contributed by atoms with Crippen LogP contribution in [0.4, 0.5) is 0 Å². The van der Waals surface area contributed by atoms with Gasteiger partial charge < -0.3 is 26.3 Å². The van der Waals surface area contributed by atoms with Gasteiger partial charge in [0.1, 0.15) is 12.1 Å². The summed E-state index contributed by atoms with van der Waals surface area (Å²) in [7, 11) is 0. The Morgan fingerprint density at radius 2 is 1.82 bits per heavy atom. The lowest BCUT2D eigenvalue weighted by Gasteiger charge is -2.40. The molecule has 0 radical (unpaired) electrons. The molecular formula is C35H44N6O4. The summed E-state index contributed by atoms with van der Waals surface area (Å²) >= 11 is 0. The predicted octanol–water partition coefficient (Wildman–Crippen LogP) is 4.24. The van der Waals surface area contributed by atoms with Crippen molar-refractivity contribution in [3.63, 3.8) is 0 Å². The molecule has 0 spiro atoms. The van der Waals surface area contributed by atoms with Crippen molar-refractivity contribution in [1.82, 2.24) is 25.9 Å². The quantitative estimate of drug-likeness (QED) is 0.183. The maximum atomic E-state index is 14.2. The highest BCUT2D eigenvalue weighted by atomic mass is 16.2. The fraction of sp³-hybridized carbons (Fsp3) is 0.486. The third kappa shape index (κ3) is 7.67. The van der Waals surface area contributed by atoms with Crippen LogP contribution in [0, 0.1) is 28.6 Å². The molecule has 6 atom stereocenters. The number of hydrogen-bond acceptors (Lipinski definition) is 6. The number of rotatable bonds is 13. The Bertz CT molecular complexity index is 1530. The lowest BCUT2D eigenvalue weighted by molar-refractivity contribution is -0.139. The molecule has 3 fully saturated rings. The first kappa shape index (κ1) is 32.1. The number of hydrogen-bond donors (Lipinski definition) is 5. The van der Waals surface area contributed by atoms with E-state index in [1.807, 2.05) is 30.5 Å². The summed E-state index contributed by atoms with van der Waals surface area (Å²) in [6.45, 7) is 4.69. The number of carbonyl (C=O) groups is 4. The Balaban J connectivity index is 1.38. The third-order valence-corrected chi connectivity index (χ3v) is 9.85. The molecule has 1 aromatic carbocycles. The predicted molar refractivity (Wildman–Crippen MR) is 172 cm³/mol. The van der Waals surface area contributed by atoms with Crippen molar-refractivity contribution in [1.29, 1.82) is 5.41 Å². The second kappa shape index (κ2) is 14.2. The molecule has 2 aromatic heterocycles. The lowest BCUT2D eigenvalue weighted by atomic mass is 9.66. The van der Waals surface area contributed by atoms with Gasteiger partial charge in [0.05, 0.1) is 6.21 Å². The summed E-state index contributed by atoms with van der Waals surface area (Å²) in [5.74, 6) is 0.0246. The first-order valence-corrected chi connectivity index (χ1v) is 16.0. The normalized spacial score (nSPS) is 23.8. The van der Waals surface area contributed by atoms with E-state index in [9.17, 15) is 19.2 Å². The Kier molecular flexibility index (Phi) is 10.1. The fourth-order valence-electron chi connectivity index (χ4n) is 7.49. The van der Waals surface area contributed by atoms with Crippen LogP contribution < -0.4 is 16.0 Å². The van der Waals surface area contributed by atoms with E-state index in [1.54, 1.807) is 24.5 Å². The minimum absolute atomic E-state index is 0.0240. The van der Waals surface area contributed by atoms with Crippen LogP contribution in [0.2, 0.25) is 0 Å². The molecule has 0 aliphatic heterocycles. The zero-order valence-electron chi connectivity index (χ0n) is 26.1. The molecule has 3 aliphatic carbocycles. The minimum atomic E-state index is -1.03. The van der Waals surface area contributed by atoms with Crippen LogP contribution in [0.5, 0.6) is 0 Å². The summed E-state index contributed by atoms with van der Waals surface area (Å²) in [6.07, 6.45) is 10.6. The van der Waals surface area contributed by atoms with Crippen LogP contribution in [0.25, 0.3) is 10.9 Å². The first-order valence-electron chi connectivity index (χ1n) is 16.0. The number of nitrogens with zero attached hydrogens (tertiary/aromatic N) is 1. The van der Waals surface area contributed by atoms with Crippen molar-refractivity contribution < 1.29 is 19.2 Å². The topological polar surface area (TPSA) is 157 Å². The van der Waals surface area contributed by atoms with Crippen LogP contribution in [0.1, 0.15) is 69.9 Å². The molecule has 0 saturated heterocycles. The Hall–Kier alpha value is -4.34. The SMILES string of the molecule is CC1CC2CCC(C(=O)N[C@@H](Cc3c[nH]c4ccccc34)C(=O)N[C@@H](CCC(=O)C=N)C(=O)NCc3ccncc3)(C1)CC2C.